The topological polar surface area (TPSA) is 171 Å². The molecule has 2 heterocycles. The van der Waals surface area contributed by atoms with Crippen LogP contribution >= 0.6 is 19.4 Å². The maximum atomic E-state index is 14.9. The minimum Gasteiger partial charge on any atom is -0.385 e. The highest BCUT2D eigenvalue weighted by molar-refractivity contribution is 7.46. The molecule has 2 rings (SSSR count). The number of H-pyrrole nitrogens is 1. The Morgan fingerprint density at radius 1 is 1.61 bits per heavy atom. The van der Waals surface area contributed by atoms with E-state index in [9.17, 15) is 28.8 Å². The number of rotatable bonds is 4. The molecule has 1 aromatic heterocycles. The Bertz CT molecular complexity index is 892. The van der Waals surface area contributed by atoms with Crippen molar-refractivity contribution in [3.63, 3.8) is 0 Å². The van der Waals surface area contributed by atoms with E-state index in [4.69, 9.17) is 25.5 Å². The number of hydrogen-bond acceptors (Lipinski definition) is 7. The van der Waals surface area contributed by atoms with E-state index >= 15 is 0 Å². The molecule has 0 radical (unpaired) electrons. The number of halogens is 2. The summed E-state index contributed by atoms with van der Waals surface area (Å²) in [5.74, 6) is -4.21. The zero-order valence-electron chi connectivity index (χ0n) is 13.7. The van der Waals surface area contributed by atoms with Crippen LogP contribution in [0.2, 0.25) is 5.02 Å². The zero-order chi connectivity index (χ0) is 20.3. The fourth-order valence-corrected chi connectivity index (χ4v) is 2.01. The van der Waals surface area contributed by atoms with Gasteiger partial charge < -0.3 is 24.7 Å². The summed E-state index contributed by atoms with van der Waals surface area (Å²) in [4.78, 5) is 42.0. The summed E-state index contributed by atoms with van der Waals surface area (Å²) in [7, 11) is -5.65. The Morgan fingerprint density at radius 2 is 2.22 bits per heavy atom. The molecule has 1 aliphatic rings. The first-order valence-electron chi connectivity index (χ1n) is 7.08. The first-order valence-corrected chi connectivity index (χ1v) is 7.49. The molecule has 1 aliphatic heterocycles. The number of phosphoric ester groups is 1. The molecule has 1 aromatic rings. The average molecular weight is 380 g/mol. The molecular formula is C9H11ClFN2O9P. The van der Waals surface area contributed by atoms with Gasteiger partial charge >= 0.3 is 13.5 Å². The van der Waals surface area contributed by atoms with Crippen LogP contribution in [0.3, 0.4) is 0 Å². The largest absolute Gasteiger partial charge is 0.469 e. The van der Waals surface area contributed by atoms with Crippen molar-refractivity contribution in [2.24, 2.45) is 0 Å². The SMILES string of the molecule is [2H]C([2H])(OP(=O)(O)O)[C@@]1(F)O[C@@]([2H])(n2cc(Cl)c(=O)[nH]c2=O)[C@H](O)[C@@H]1O. The van der Waals surface area contributed by atoms with Crippen LogP contribution in [0.5, 0.6) is 0 Å². The van der Waals surface area contributed by atoms with Crippen LogP contribution in [0, 0.1) is 0 Å². The Hall–Kier alpha value is -1.11. The zero-order valence-corrected chi connectivity index (χ0v) is 12.4. The highest BCUT2D eigenvalue weighted by atomic mass is 35.5. The molecule has 5 N–H and O–H groups in total. The van der Waals surface area contributed by atoms with Crippen molar-refractivity contribution < 1.29 is 42.3 Å². The van der Waals surface area contributed by atoms with Crippen molar-refractivity contribution >= 4 is 19.4 Å². The smallest absolute Gasteiger partial charge is 0.385 e. The van der Waals surface area contributed by atoms with Gasteiger partial charge in [-0.2, -0.15) is 0 Å². The number of hydrogen-bond donors (Lipinski definition) is 5. The monoisotopic (exact) mass is 379 g/mol. The number of aliphatic hydroxyl groups is 2. The lowest BCUT2D eigenvalue weighted by Gasteiger charge is -2.22. The van der Waals surface area contributed by atoms with Crippen molar-refractivity contribution in [1.29, 1.82) is 0 Å². The van der Waals surface area contributed by atoms with E-state index in [0.29, 0.717) is 6.20 Å². The number of aromatic amines is 1. The number of nitrogens with one attached hydrogen (secondary N) is 1. The lowest BCUT2D eigenvalue weighted by Crippen LogP contribution is -2.43. The van der Waals surface area contributed by atoms with Gasteiger partial charge in [0, 0.05) is 6.20 Å². The molecule has 0 spiro atoms. The Kier molecular flexibility index (Phi) is 3.76. The Morgan fingerprint density at radius 3 is 2.78 bits per heavy atom. The van der Waals surface area contributed by atoms with Gasteiger partial charge in [0.25, 0.3) is 11.4 Å². The molecule has 0 aliphatic carbocycles. The van der Waals surface area contributed by atoms with E-state index in [0.717, 1.165) is 0 Å². The van der Waals surface area contributed by atoms with Crippen LogP contribution in [0.25, 0.3) is 0 Å². The van der Waals surface area contributed by atoms with E-state index < -0.39 is 54.9 Å². The molecule has 0 bridgehead atoms. The number of alkyl halides is 1. The van der Waals surface area contributed by atoms with E-state index in [-0.39, 0.29) is 4.57 Å². The quantitative estimate of drug-likeness (QED) is 0.379. The first-order chi connectivity index (χ1) is 11.5. The number of aromatic nitrogens is 2. The fraction of sp³-hybridized carbons (Fsp3) is 0.556. The highest BCUT2D eigenvalue weighted by Gasteiger charge is 2.57. The summed E-state index contributed by atoms with van der Waals surface area (Å²) in [5.41, 5.74) is -2.54. The summed E-state index contributed by atoms with van der Waals surface area (Å²) >= 11 is 5.48. The number of phosphoric acid groups is 1. The summed E-state index contributed by atoms with van der Waals surface area (Å²) in [5, 5.41) is 19.0. The van der Waals surface area contributed by atoms with E-state index in [1.165, 1.54) is 0 Å². The highest BCUT2D eigenvalue weighted by Crippen LogP contribution is 2.43. The summed E-state index contributed by atoms with van der Waals surface area (Å²) in [6, 6.07) is 0. The minimum absolute atomic E-state index is 0.0412. The van der Waals surface area contributed by atoms with Crippen molar-refractivity contribution in [2.75, 3.05) is 6.56 Å². The molecule has 130 valence electrons. The van der Waals surface area contributed by atoms with Gasteiger partial charge in [0.2, 0.25) is 0 Å². The normalized spacial score (nSPS) is 37.2. The molecule has 1 fully saturated rings. The molecular weight excluding hydrogens is 366 g/mol. The van der Waals surface area contributed by atoms with Gasteiger partial charge in [0.1, 0.15) is 23.8 Å². The number of aliphatic hydroxyl groups excluding tert-OH is 2. The second-order valence-corrected chi connectivity index (χ2v) is 5.84. The predicted molar refractivity (Wildman–Crippen MR) is 70.3 cm³/mol. The van der Waals surface area contributed by atoms with Crippen LogP contribution in [0.1, 0.15) is 10.3 Å². The average Bonchev–Trinajstić information content (AvgIpc) is 2.63. The van der Waals surface area contributed by atoms with Crippen molar-refractivity contribution in [2.45, 2.75) is 24.3 Å². The standard InChI is InChI=1S/C9H11ClFN2O9P/c10-3-1-13(8(17)12-6(3)16)7-4(14)5(15)9(11,22-7)2-21-23(18,19)20/h1,4-5,7,14-15H,2H2,(H,12,16,17)(H2,18,19,20)/t4-,5+,7-,9-/m1/s1/i2D2,7D. The molecule has 14 heteroatoms. The molecule has 0 aromatic carbocycles. The fourth-order valence-electron chi connectivity index (χ4n) is 1.62. The van der Waals surface area contributed by atoms with Gasteiger partial charge in [0.05, 0.1) is 4.11 Å². The maximum absolute atomic E-state index is 14.9. The van der Waals surface area contributed by atoms with Gasteiger partial charge in [-0.3, -0.25) is 18.9 Å². The summed E-state index contributed by atoms with van der Waals surface area (Å²) in [6.07, 6.45) is -8.46. The Balaban J connectivity index is 2.59. The maximum Gasteiger partial charge on any atom is 0.469 e. The Labute approximate surface area is 135 Å². The van der Waals surface area contributed by atoms with E-state index in [1.54, 1.807) is 4.98 Å². The van der Waals surface area contributed by atoms with Gasteiger partial charge in [0.15, 0.2) is 6.20 Å². The van der Waals surface area contributed by atoms with E-state index in [1.807, 2.05) is 0 Å². The molecule has 23 heavy (non-hydrogen) atoms. The minimum atomic E-state index is -5.65. The van der Waals surface area contributed by atoms with Gasteiger partial charge in [-0.15, -0.1) is 0 Å². The first kappa shape index (κ1) is 14.3. The third-order valence-corrected chi connectivity index (χ3v) is 3.22. The molecule has 4 atom stereocenters. The third kappa shape index (κ3) is 3.70. The van der Waals surface area contributed by atoms with Gasteiger partial charge in [-0.05, 0) is 0 Å². The predicted octanol–water partition coefficient (Wildman–Crippen LogP) is -1.78. The molecule has 1 saturated heterocycles. The van der Waals surface area contributed by atoms with E-state index in [2.05, 4.69) is 9.26 Å². The number of nitrogens with zero attached hydrogens (tertiary/aromatic N) is 1. The lowest BCUT2D eigenvalue weighted by atomic mass is 10.1. The third-order valence-electron chi connectivity index (χ3n) is 2.63. The number of ether oxygens (including phenoxy) is 1. The second kappa shape index (κ2) is 6.07. The van der Waals surface area contributed by atoms with Crippen molar-refractivity contribution in [1.82, 2.24) is 9.55 Å². The van der Waals surface area contributed by atoms with Crippen LogP contribution < -0.4 is 11.2 Å². The van der Waals surface area contributed by atoms with Crippen LogP contribution in [-0.4, -0.2) is 54.2 Å². The van der Waals surface area contributed by atoms with Crippen LogP contribution in [-0.2, 0) is 13.8 Å². The molecule has 0 saturated carbocycles. The summed E-state index contributed by atoms with van der Waals surface area (Å²) in [6.45, 7) is -4.08. The lowest BCUT2D eigenvalue weighted by molar-refractivity contribution is -0.205. The van der Waals surface area contributed by atoms with Crippen LogP contribution in [0.15, 0.2) is 15.8 Å². The second-order valence-electron chi connectivity index (χ2n) is 4.27. The van der Waals surface area contributed by atoms with Crippen molar-refractivity contribution in [3.05, 3.63) is 32.1 Å². The van der Waals surface area contributed by atoms with Gasteiger partial charge in [-0.1, -0.05) is 11.6 Å². The molecule has 0 unspecified atom stereocenters. The van der Waals surface area contributed by atoms with Crippen LogP contribution in [0.4, 0.5) is 4.39 Å². The van der Waals surface area contributed by atoms with Gasteiger partial charge in [-0.25, -0.2) is 13.8 Å². The summed E-state index contributed by atoms with van der Waals surface area (Å²) < 4.78 is 56.3. The van der Waals surface area contributed by atoms with Crippen molar-refractivity contribution in [3.8, 4) is 0 Å². The molecule has 11 nitrogen and oxygen atoms in total. The molecule has 0 amide bonds.